The van der Waals surface area contributed by atoms with Crippen molar-refractivity contribution in [2.45, 2.75) is 19.5 Å². The number of rotatable bonds is 8. The molecule has 0 fully saturated rings. The zero-order valence-electron chi connectivity index (χ0n) is 16.5. The van der Waals surface area contributed by atoms with Gasteiger partial charge in [0.25, 0.3) is 5.91 Å². The number of carbonyl (C=O) groups excluding carboxylic acids is 1. The maximum absolute atomic E-state index is 12.9. The fourth-order valence-electron chi connectivity index (χ4n) is 2.87. The molecule has 146 valence electrons. The van der Waals surface area contributed by atoms with E-state index in [9.17, 15) is 4.79 Å². The van der Waals surface area contributed by atoms with Crippen molar-refractivity contribution in [1.29, 1.82) is 0 Å². The van der Waals surface area contributed by atoms with E-state index < -0.39 is 0 Å². The summed E-state index contributed by atoms with van der Waals surface area (Å²) in [7, 11) is 3.50. The highest BCUT2D eigenvalue weighted by molar-refractivity contribution is 5.99. The van der Waals surface area contributed by atoms with E-state index >= 15 is 0 Å². The van der Waals surface area contributed by atoms with Crippen LogP contribution in [0.3, 0.4) is 0 Å². The Morgan fingerprint density at radius 1 is 1.18 bits per heavy atom. The highest BCUT2D eigenvalue weighted by Crippen LogP contribution is 2.26. The minimum Gasteiger partial charge on any atom is -0.497 e. The minimum absolute atomic E-state index is 0.140. The van der Waals surface area contributed by atoms with E-state index in [2.05, 4.69) is 10.6 Å². The van der Waals surface area contributed by atoms with Crippen LogP contribution in [-0.2, 0) is 6.54 Å². The van der Waals surface area contributed by atoms with Gasteiger partial charge in [0.15, 0.2) is 0 Å². The molecular weight excluding hydrogens is 352 g/mol. The Bertz CT molecular complexity index is 921. The molecule has 0 aliphatic heterocycles. The average Bonchev–Trinajstić information content (AvgIpc) is 3.16. The van der Waals surface area contributed by atoms with Crippen molar-refractivity contribution in [3.63, 3.8) is 0 Å². The number of amides is 1. The Morgan fingerprint density at radius 2 is 1.96 bits per heavy atom. The second-order valence-electron chi connectivity index (χ2n) is 6.71. The molecule has 1 aromatic heterocycles. The Labute approximate surface area is 165 Å². The molecule has 3 aromatic rings. The second-order valence-corrected chi connectivity index (χ2v) is 6.71. The molecule has 0 bridgehead atoms. The van der Waals surface area contributed by atoms with E-state index in [1.807, 2.05) is 68.6 Å². The number of benzene rings is 2. The van der Waals surface area contributed by atoms with Crippen LogP contribution in [0.2, 0.25) is 0 Å². The van der Waals surface area contributed by atoms with Crippen molar-refractivity contribution in [3.8, 4) is 17.0 Å². The fourth-order valence-corrected chi connectivity index (χ4v) is 2.87. The van der Waals surface area contributed by atoms with Crippen LogP contribution in [0.4, 0.5) is 0 Å². The minimum atomic E-state index is -0.140. The van der Waals surface area contributed by atoms with Crippen LogP contribution < -0.4 is 15.4 Å². The predicted octanol–water partition coefficient (Wildman–Crippen LogP) is 2.94. The average molecular weight is 378 g/mol. The first-order valence-corrected chi connectivity index (χ1v) is 9.32. The molecule has 6 nitrogen and oxygen atoms in total. The number of hydrogen-bond donors (Lipinski definition) is 2. The zero-order valence-corrected chi connectivity index (χ0v) is 16.5. The molecule has 1 heterocycles. The zero-order chi connectivity index (χ0) is 19.9. The highest BCUT2D eigenvalue weighted by atomic mass is 16.5. The second kappa shape index (κ2) is 9.19. The van der Waals surface area contributed by atoms with Crippen LogP contribution in [0.5, 0.6) is 5.75 Å². The molecule has 1 unspecified atom stereocenters. The lowest BCUT2D eigenvalue weighted by molar-refractivity contribution is 0.0951. The third-order valence-corrected chi connectivity index (χ3v) is 4.60. The Hall–Kier alpha value is -3.12. The lowest BCUT2D eigenvalue weighted by Gasteiger charge is -2.11. The quantitative estimate of drug-likeness (QED) is 0.632. The Morgan fingerprint density at radius 3 is 2.68 bits per heavy atom. The fraction of sp³-hybridized carbons (Fsp3) is 0.273. The number of nitrogens with zero attached hydrogens (tertiary/aromatic N) is 2. The van der Waals surface area contributed by atoms with E-state index in [4.69, 9.17) is 9.84 Å². The summed E-state index contributed by atoms with van der Waals surface area (Å²) < 4.78 is 7.14. The van der Waals surface area contributed by atoms with Gasteiger partial charge in [0.2, 0.25) is 0 Å². The Balaban J connectivity index is 1.94. The third kappa shape index (κ3) is 4.78. The van der Waals surface area contributed by atoms with Crippen molar-refractivity contribution in [3.05, 3.63) is 71.9 Å². The first-order valence-electron chi connectivity index (χ1n) is 9.32. The summed E-state index contributed by atoms with van der Waals surface area (Å²) in [5, 5.41) is 10.8. The lowest BCUT2D eigenvalue weighted by Crippen LogP contribution is -2.37. The van der Waals surface area contributed by atoms with Crippen LogP contribution in [-0.4, -0.2) is 42.4 Å². The summed E-state index contributed by atoms with van der Waals surface area (Å²) in [6.45, 7) is 3.15. The van der Waals surface area contributed by atoms with Crippen molar-refractivity contribution in [2.75, 3.05) is 20.7 Å². The number of ether oxygens (including phenoxy) is 1. The molecule has 3 rings (SSSR count). The van der Waals surface area contributed by atoms with Crippen molar-refractivity contribution >= 4 is 5.91 Å². The predicted molar refractivity (Wildman–Crippen MR) is 111 cm³/mol. The summed E-state index contributed by atoms with van der Waals surface area (Å²) >= 11 is 0. The maximum atomic E-state index is 12.9. The molecule has 28 heavy (non-hydrogen) atoms. The number of nitrogens with one attached hydrogen (secondary N) is 2. The van der Waals surface area contributed by atoms with Gasteiger partial charge in [-0.1, -0.05) is 42.5 Å². The third-order valence-electron chi connectivity index (χ3n) is 4.60. The van der Waals surface area contributed by atoms with Gasteiger partial charge in [0.05, 0.1) is 19.2 Å². The summed E-state index contributed by atoms with van der Waals surface area (Å²) in [5.41, 5.74) is 3.16. The van der Waals surface area contributed by atoms with Crippen LogP contribution in [0.25, 0.3) is 11.3 Å². The molecule has 6 heteroatoms. The molecule has 2 N–H and O–H groups in total. The molecular formula is C22H26N4O2. The van der Waals surface area contributed by atoms with Gasteiger partial charge in [0.1, 0.15) is 11.4 Å². The summed E-state index contributed by atoms with van der Waals surface area (Å²) in [5.74, 6) is 0.588. The number of carbonyl (C=O) groups is 1. The topological polar surface area (TPSA) is 68.2 Å². The van der Waals surface area contributed by atoms with E-state index in [1.165, 1.54) is 0 Å². The maximum Gasteiger partial charge on any atom is 0.255 e. The Kier molecular flexibility index (Phi) is 6.45. The smallest absolute Gasteiger partial charge is 0.255 e. The van der Waals surface area contributed by atoms with Crippen LogP contribution in [0, 0.1) is 0 Å². The van der Waals surface area contributed by atoms with E-state index in [1.54, 1.807) is 18.0 Å². The van der Waals surface area contributed by atoms with Gasteiger partial charge in [-0.05, 0) is 31.7 Å². The van der Waals surface area contributed by atoms with Gasteiger partial charge < -0.3 is 15.4 Å². The summed E-state index contributed by atoms with van der Waals surface area (Å²) in [6.07, 6.45) is 1.81. The number of likely N-dealkylation sites (N-methyl/N-ethyl adjacent to an activating group) is 1. The number of hydrogen-bond acceptors (Lipinski definition) is 4. The molecule has 0 spiro atoms. The molecule has 0 saturated heterocycles. The molecule has 0 radical (unpaired) electrons. The largest absolute Gasteiger partial charge is 0.497 e. The standard InChI is InChI=1S/C22H26N4O2/c1-16(23-2)13-24-22(27)20-15-26(14-17-8-5-4-6-9-17)25-21(20)18-10-7-11-19(12-18)28-3/h4-12,15-16,23H,13-14H2,1-3H3,(H,24,27). The molecule has 2 aromatic carbocycles. The lowest BCUT2D eigenvalue weighted by atomic mass is 10.1. The van der Waals surface area contributed by atoms with Crippen molar-refractivity contribution in [2.24, 2.45) is 0 Å². The van der Waals surface area contributed by atoms with Gasteiger partial charge in [-0.25, -0.2) is 0 Å². The van der Waals surface area contributed by atoms with Crippen molar-refractivity contribution in [1.82, 2.24) is 20.4 Å². The molecule has 1 amide bonds. The molecule has 1 atom stereocenters. The van der Waals surface area contributed by atoms with Gasteiger partial charge in [-0.15, -0.1) is 0 Å². The SMILES string of the molecule is CNC(C)CNC(=O)c1cn(Cc2ccccc2)nc1-c1cccc(OC)c1. The van der Waals surface area contributed by atoms with Crippen LogP contribution >= 0.6 is 0 Å². The summed E-state index contributed by atoms with van der Waals surface area (Å²) in [6, 6.07) is 17.8. The van der Waals surface area contributed by atoms with E-state index in [0.717, 1.165) is 16.9 Å². The van der Waals surface area contributed by atoms with Gasteiger partial charge >= 0.3 is 0 Å². The first kappa shape index (κ1) is 19.6. The highest BCUT2D eigenvalue weighted by Gasteiger charge is 2.19. The van der Waals surface area contributed by atoms with Crippen LogP contribution in [0.15, 0.2) is 60.8 Å². The van der Waals surface area contributed by atoms with Crippen LogP contribution in [0.1, 0.15) is 22.8 Å². The number of aromatic nitrogens is 2. The van der Waals surface area contributed by atoms with Gasteiger partial charge in [0, 0.05) is 24.3 Å². The normalized spacial score (nSPS) is 11.8. The monoisotopic (exact) mass is 378 g/mol. The van der Waals surface area contributed by atoms with Crippen molar-refractivity contribution < 1.29 is 9.53 Å². The van der Waals surface area contributed by atoms with E-state index in [-0.39, 0.29) is 11.9 Å². The molecule has 0 saturated carbocycles. The first-order chi connectivity index (χ1) is 13.6. The summed E-state index contributed by atoms with van der Waals surface area (Å²) in [4.78, 5) is 12.9. The molecule has 0 aliphatic carbocycles. The van der Waals surface area contributed by atoms with Gasteiger partial charge in [-0.3, -0.25) is 9.48 Å². The van der Waals surface area contributed by atoms with Gasteiger partial charge in [-0.2, -0.15) is 5.10 Å². The number of methoxy groups -OCH3 is 1. The molecule has 0 aliphatic rings. The van der Waals surface area contributed by atoms with E-state index in [0.29, 0.717) is 24.3 Å².